The highest BCUT2D eigenvalue weighted by molar-refractivity contribution is 6.27. The summed E-state index contributed by atoms with van der Waals surface area (Å²) in [6, 6.07) is 18.0. The number of aliphatic carboxylic acids is 2. The highest BCUT2D eigenvalue weighted by Crippen LogP contribution is 2.27. The summed E-state index contributed by atoms with van der Waals surface area (Å²) >= 11 is 0. The van der Waals surface area contributed by atoms with E-state index in [0.717, 1.165) is 24.5 Å². The van der Waals surface area contributed by atoms with Crippen molar-refractivity contribution in [3.8, 4) is 11.5 Å². The fourth-order valence-electron chi connectivity index (χ4n) is 2.08. The second-order valence-electron chi connectivity index (χ2n) is 5.20. The Labute approximate surface area is 152 Å². The first kappa shape index (κ1) is 21.0. The molecule has 0 saturated carbocycles. The topological polar surface area (TPSA) is 105 Å². The summed E-state index contributed by atoms with van der Waals surface area (Å²) in [6.45, 7) is 0.906. The van der Waals surface area contributed by atoms with Gasteiger partial charge in [0.05, 0.1) is 7.11 Å². The molecule has 0 amide bonds. The average molecular weight is 361 g/mol. The van der Waals surface area contributed by atoms with E-state index >= 15 is 0 Å². The van der Waals surface area contributed by atoms with E-state index in [4.69, 9.17) is 29.3 Å². The maximum atomic E-state index is 9.10. The number of rotatable bonds is 7. The predicted octanol–water partition coefficient (Wildman–Crippen LogP) is 2.58. The molecular weight excluding hydrogens is 338 g/mol. The van der Waals surface area contributed by atoms with Gasteiger partial charge in [0.15, 0.2) is 0 Å². The normalized spacial score (nSPS) is 10.8. The third kappa shape index (κ3) is 7.67. The number of carboxylic acids is 2. The average Bonchev–Trinajstić information content (AvgIpc) is 2.66. The monoisotopic (exact) mass is 361 g/mol. The zero-order valence-electron chi connectivity index (χ0n) is 14.7. The van der Waals surface area contributed by atoms with Crippen LogP contribution in [0.15, 0.2) is 54.6 Å². The number of methoxy groups -OCH3 is 1. The summed E-state index contributed by atoms with van der Waals surface area (Å²) < 4.78 is 11.4. The summed E-state index contributed by atoms with van der Waals surface area (Å²) in [6.07, 6.45) is 0.952. The Morgan fingerprint density at radius 3 is 2.15 bits per heavy atom. The Balaban J connectivity index is 0.000000487. The largest absolute Gasteiger partial charge is 0.497 e. The van der Waals surface area contributed by atoms with E-state index in [9.17, 15) is 0 Å². The van der Waals surface area contributed by atoms with E-state index in [1.54, 1.807) is 7.11 Å². The molecule has 0 aliphatic carbocycles. The smallest absolute Gasteiger partial charge is 0.414 e. The molecule has 1 atom stereocenters. The van der Waals surface area contributed by atoms with Gasteiger partial charge in [-0.15, -0.1) is 0 Å². The van der Waals surface area contributed by atoms with Gasteiger partial charge in [-0.05, 0) is 31.3 Å². The molecule has 0 fully saturated rings. The number of hydrogen-bond donors (Lipinski definition) is 3. The van der Waals surface area contributed by atoms with Crippen LogP contribution in [0.3, 0.4) is 0 Å². The van der Waals surface area contributed by atoms with Crippen molar-refractivity contribution in [2.45, 2.75) is 12.5 Å². The van der Waals surface area contributed by atoms with Gasteiger partial charge in [0.1, 0.15) is 17.6 Å². The quantitative estimate of drug-likeness (QED) is 0.651. The van der Waals surface area contributed by atoms with Crippen molar-refractivity contribution in [1.29, 1.82) is 0 Å². The van der Waals surface area contributed by atoms with Crippen LogP contribution in [0, 0.1) is 0 Å². The molecule has 140 valence electrons. The molecule has 1 unspecified atom stereocenters. The Morgan fingerprint density at radius 1 is 1.00 bits per heavy atom. The molecule has 2 aromatic carbocycles. The Bertz CT molecular complexity index is 677. The van der Waals surface area contributed by atoms with Crippen molar-refractivity contribution in [1.82, 2.24) is 5.32 Å². The van der Waals surface area contributed by atoms with E-state index in [-0.39, 0.29) is 6.10 Å². The highest BCUT2D eigenvalue weighted by atomic mass is 16.5. The van der Waals surface area contributed by atoms with Crippen molar-refractivity contribution in [3.63, 3.8) is 0 Å². The van der Waals surface area contributed by atoms with Gasteiger partial charge in [-0.3, -0.25) is 0 Å². The number of carboxylic acid groups (broad SMARTS) is 2. The first-order valence-electron chi connectivity index (χ1n) is 7.94. The molecular formula is C19H23NO6. The first-order chi connectivity index (χ1) is 12.5. The SMILES string of the molecule is CNCCC(Oc1cccc(OC)c1)c1ccccc1.O=C(O)C(=O)O. The van der Waals surface area contributed by atoms with E-state index in [1.807, 2.05) is 49.5 Å². The summed E-state index contributed by atoms with van der Waals surface area (Å²) in [5.41, 5.74) is 1.19. The van der Waals surface area contributed by atoms with Gasteiger partial charge in [0.25, 0.3) is 0 Å². The first-order valence-corrected chi connectivity index (χ1v) is 7.94. The van der Waals surface area contributed by atoms with Crippen LogP contribution in [0.1, 0.15) is 18.1 Å². The molecule has 0 saturated heterocycles. The van der Waals surface area contributed by atoms with Gasteiger partial charge in [-0.1, -0.05) is 36.4 Å². The summed E-state index contributed by atoms with van der Waals surface area (Å²) in [5.74, 6) is -2.01. The minimum atomic E-state index is -1.82. The fraction of sp³-hybridized carbons (Fsp3) is 0.263. The molecule has 0 aliphatic heterocycles. The lowest BCUT2D eigenvalue weighted by Gasteiger charge is -2.20. The van der Waals surface area contributed by atoms with Gasteiger partial charge < -0.3 is 25.0 Å². The lowest BCUT2D eigenvalue weighted by molar-refractivity contribution is -0.159. The van der Waals surface area contributed by atoms with Gasteiger partial charge >= 0.3 is 11.9 Å². The van der Waals surface area contributed by atoms with Crippen molar-refractivity contribution in [2.24, 2.45) is 0 Å². The number of hydrogen-bond acceptors (Lipinski definition) is 5. The number of ether oxygens (including phenoxy) is 2. The minimum Gasteiger partial charge on any atom is -0.497 e. The second kappa shape index (κ2) is 11.5. The van der Waals surface area contributed by atoms with Crippen LogP contribution < -0.4 is 14.8 Å². The zero-order valence-corrected chi connectivity index (χ0v) is 14.7. The molecule has 0 heterocycles. The lowest BCUT2D eigenvalue weighted by Crippen LogP contribution is -2.16. The van der Waals surface area contributed by atoms with E-state index in [2.05, 4.69) is 17.4 Å². The van der Waals surface area contributed by atoms with Gasteiger partial charge in [-0.25, -0.2) is 9.59 Å². The van der Waals surface area contributed by atoms with Crippen molar-refractivity contribution < 1.29 is 29.3 Å². The maximum Gasteiger partial charge on any atom is 0.414 e. The summed E-state index contributed by atoms with van der Waals surface area (Å²) in [5, 5.41) is 18.0. The van der Waals surface area contributed by atoms with Crippen LogP contribution in [0.25, 0.3) is 0 Å². The highest BCUT2D eigenvalue weighted by Gasteiger charge is 2.13. The van der Waals surface area contributed by atoms with Crippen LogP contribution >= 0.6 is 0 Å². The third-order valence-electron chi connectivity index (χ3n) is 3.33. The van der Waals surface area contributed by atoms with Crippen LogP contribution in [0.2, 0.25) is 0 Å². The Kier molecular flexibility index (Phi) is 9.27. The van der Waals surface area contributed by atoms with Crippen molar-refractivity contribution in [2.75, 3.05) is 20.7 Å². The molecule has 2 rings (SSSR count). The van der Waals surface area contributed by atoms with Crippen LogP contribution in [-0.4, -0.2) is 42.9 Å². The Hall–Kier alpha value is -3.06. The molecule has 0 aromatic heterocycles. The Morgan fingerprint density at radius 2 is 1.62 bits per heavy atom. The van der Waals surface area contributed by atoms with Crippen LogP contribution in [0.5, 0.6) is 11.5 Å². The van der Waals surface area contributed by atoms with Gasteiger partial charge in [0.2, 0.25) is 0 Å². The molecule has 7 heteroatoms. The number of carbonyl (C=O) groups is 2. The number of benzene rings is 2. The molecule has 0 bridgehead atoms. The van der Waals surface area contributed by atoms with Gasteiger partial charge in [0, 0.05) is 12.5 Å². The molecule has 0 spiro atoms. The molecule has 3 N–H and O–H groups in total. The summed E-state index contributed by atoms with van der Waals surface area (Å²) in [4.78, 5) is 18.2. The molecule has 26 heavy (non-hydrogen) atoms. The molecule has 0 radical (unpaired) electrons. The molecule has 0 aliphatic rings. The minimum absolute atomic E-state index is 0.0377. The van der Waals surface area contributed by atoms with Crippen molar-refractivity contribution >= 4 is 11.9 Å². The molecule has 7 nitrogen and oxygen atoms in total. The van der Waals surface area contributed by atoms with E-state index in [0.29, 0.717) is 0 Å². The predicted molar refractivity (Wildman–Crippen MR) is 96.6 cm³/mol. The van der Waals surface area contributed by atoms with Crippen molar-refractivity contribution in [3.05, 3.63) is 60.2 Å². The lowest BCUT2D eigenvalue weighted by atomic mass is 10.1. The van der Waals surface area contributed by atoms with E-state index < -0.39 is 11.9 Å². The zero-order chi connectivity index (χ0) is 19.4. The summed E-state index contributed by atoms with van der Waals surface area (Å²) in [7, 11) is 3.61. The van der Waals surface area contributed by atoms with Crippen LogP contribution in [0.4, 0.5) is 0 Å². The van der Waals surface area contributed by atoms with E-state index in [1.165, 1.54) is 5.56 Å². The fourth-order valence-corrected chi connectivity index (χ4v) is 2.08. The van der Waals surface area contributed by atoms with Crippen LogP contribution in [-0.2, 0) is 9.59 Å². The maximum absolute atomic E-state index is 9.10. The second-order valence-corrected chi connectivity index (χ2v) is 5.20. The molecule has 2 aromatic rings. The van der Waals surface area contributed by atoms with Gasteiger partial charge in [-0.2, -0.15) is 0 Å². The number of nitrogens with one attached hydrogen (secondary N) is 1. The third-order valence-corrected chi connectivity index (χ3v) is 3.33. The standard InChI is InChI=1S/C17H21NO2.C2H2O4/c1-18-12-11-17(14-7-4-3-5-8-14)20-16-10-6-9-15(13-16)19-2;3-1(4)2(5)6/h3-10,13,17-18H,11-12H2,1-2H3;(H,3,4)(H,5,6).